The zero-order valence-corrected chi connectivity index (χ0v) is 17.6. The highest BCUT2D eigenvalue weighted by atomic mass is 16.2. The molecular weight excluding hydrogens is 394 g/mol. The number of fused-ring (bicyclic) bond motifs is 1. The van der Waals surface area contributed by atoms with Gasteiger partial charge in [0, 0.05) is 39.3 Å². The van der Waals surface area contributed by atoms with Gasteiger partial charge in [-0.05, 0) is 30.3 Å². The Labute approximate surface area is 180 Å². The van der Waals surface area contributed by atoms with Gasteiger partial charge in [0.2, 0.25) is 5.91 Å². The highest BCUT2D eigenvalue weighted by molar-refractivity contribution is 5.81. The van der Waals surface area contributed by atoms with E-state index in [1.807, 2.05) is 12.1 Å². The Balaban J connectivity index is 1.37. The number of likely N-dealkylation sites (N-methyl/N-ethyl adjacent to an activating group) is 1. The number of hydrogen-bond donors (Lipinski definition) is 2. The van der Waals surface area contributed by atoms with Crippen molar-refractivity contribution in [3.8, 4) is 0 Å². The molecule has 0 atom stereocenters. The monoisotopic (exact) mass is 421 g/mol. The molecule has 162 valence electrons. The smallest absolute Gasteiger partial charge is 0.273 e. The zero-order chi connectivity index (χ0) is 21.8. The van der Waals surface area contributed by atoms with Crippen molar-refractivity contribution >= 4 is 16.7 Å². The topological polar surface area (TPSA) is 90.4 Å². The summed E-state index contributed by atoms with van der Waals surface area (Å²) in [6, 6.07) is 14.7. The molecule has 1 aromatic heterocycles. The van der Waals surface area contributed by atoms with Crippen LogP contribution in [0.1, 0.15) is 11.1 Å². The van der Waals surface area contributed by atoms with E-state index in [0.717, 1.165) is 43.0 Å². The number of carbonyl (C=O) groups excluding carboxylic acids is 1. The fourth-order valence-electron chi connectivity index (χ4n) is 3.86. The third kappa shape index (κ3) is 5.10. The van der Waals surface area contributed by atoms with Gasteiger partial charge < -0.3 is 10.2 Å². The highest BCUT2D eigenvalue weighted by Crippen LogP contribution is 2.10. The summed E-state index contributed by atoms with van der Waals surface area (Å²) in [5, 5.41) is 5.94. The van der Waals surface area contributed by atoms with Crippen LogP contribution >= 0.6 is 0 Å². The molecular formula is C23H27N5O3. The van der Waals surface area contributed by atoms with Crippen LogP contribution in [0.3, 0.4) is 0 Å². The lowest BCUT2D eigenvalue weighted by molar-refractivity contribution is -0.122. The number of rotatable bonds is 6. The molecule has 1 amide bonds. The molecule has 1 aliphatic rings. The number of amides is 1. The third-order valence-corrected chi connectivity index (χ3v) is 5.67. The number of nitrogens with zero attached hydrogens (tertiary/aromatic N) is 3. The summed E-state index contributed by atoms with van der Waals surface area (Å²) in [5.74, 6) is -0.336. The van der Waals surface area contributed by atoms with Gasteiger partial charge in [-0.2, -0.15) is 0 Å². The zero-order valence-electron chi connectivity index (χ0n) is 17.6. The summed E-state index contributed by atoms with van der Waals surface area (Å²) in [4.78, 5) is 41.9. The van der Waals surface area contributed by atoms with Crippen molar-refractivity contribution in [1.82, 2.24) is 24.9 Å². The lowest BCUT2D eigenvalue weighted by Crippen LogP contribution is -2.43. The van der Waals surface area contributed by atoms with Crippen LogP contribution in [0, 0.1) is 0 Å². The maximum atomic E-state index is 12.5. The summed E-state index contributed by atoms with van der Waals surface area (Å²) >= 11 is 0. The van der Waals surface area contributed by atoms with Gasteiger partial charge in [-0.25, -0.2) is 4.68 Å². The summed E-state index contributed by atoms with van der Waals surface area (Å²) in [6.45, 7) is 5.27. The number of benzene rings is 2. The number of H-pyrrole nitrogens is 1. The van der Waals surface area contributed by atoms with Gasteiger partial charge in [-0.3, -0.25) is 24.4 Å². The van der Waals surface area contributed by atoms with Crippen LogP contribution in [-0.4, -0.2) is 58.7 Å². The minimum Gasteiger partial charge on any atom is -0.350 e. The first-order valence-corrected chi connectivity index (χ1v) is 10.5. The van der Waals surface area contributed by atoms with Crippen LogP contribution in [0.4, 0.5) is 0 Å². The molecule has 8 heteroatoms. The van der Waals surface area contributed by atoms with Crippen LogP contribution in [0.2, 0.25) is 0 Å². The second kappa shape index (κ2) is 9.28. The van der Waals surface area contributed by atoms with E-state index >= 15 is 0 Å². The molecule has 8 nitrogen and oxygen atoms in total. The number of aromatic amines is 1. The summed E-state index contributed by atoms with van der Waals surface area (Å²) in [6.07, 6.45) is 0. The first-order chi connectivity index (χ1) is 15.0. The van der Waals surface area contributed by atoms with Crippen molar-refractivity contribution in [3.63, 3.8) is 0 Å². The van der Waals surface area contributed by atoms with Gasteiger partial charge in [-0.1, -0.05) is 36.4 Å². The standard InChI is InChI=1S/C23H27N5O3/c1-26-9-11-27(12-10-26)15-18-6-4-5-17(13-18)14-24-21(29)16-28-23(31)20-8-3-2-7-19(20)22(30)25-28/h2-8,13H,9-12,14-16H2,1H3,(H,24,29)(H,25,30). The number of piperazine rings is 1. The molecule has 3 aromatic rings. The fraction of sp³-hybridized carbons (Fsp3) is 0.348. The minimum absolute atomic E-state index is 0.236. The molecule has 2 N–H and O–H groups in total. The Morgan fingerprint density at radius 2 is 1.68 bits per heavy atom. The van der Waals surface area contributed by atoms with E-state index in [1.54, 1.807) is 24.3 Å². The number of hydrogen-bond acceptors (Lipinski definition) is 5. The number of carbonyl (C=O) groups is 1. The maximum Gasteiger partial charge on any atom is 0.273 e. The van der Waals surface area contributed by atoms with Crippen molar-refractivity contribution in [3.05, 3.63) is 80.4 Å². The molecule has 0 aliphatic carbocycles. The lowest BCUT2D eigenvalue weighted by atomic mass is 10.1. The van der Waals surface area contributed by atoms with Crippen LogP contribution in [0.15, 0.2) is 58.1 Å². The van der Waals surface area contributed by atoms with Gasteiger partial charge in [0.15, 0.2) is 0 Å². The molecule has 1 saturated heterocycles. The minimum atomic E-state index is -0.389. The van der Waals surface area contributed by atoms with E-state index in [2.05, 4.69) is 39.4 Å². The average Bonchev–Trinajstić information content (AvgIpc) is 2.78. The first-order valence-electron chi connectivity index (χ1n) is 10.5. The number of nitrogens with one attached hydrogen (secondary N) is 2. The van der Waals surface area contributed by atoms with Crippen LogP contribution in [0.25, 0.3) is 10.8 Å². The van der Waals surface area contributed by atoms with E-state index in [0.29, 0.717) is 17.3 Å². The van der Waals surface area contributed by atoms with E-state index < -0.39 is 0 Å². The van der Waals surface area contributed by atoms with Crippen LogP contribution in [-0.2, 0) is 24.4 Å². The SMILES string of the molecule is CN1CCN(Cc2cccc(CNC(=O)Cn3[nH]c(=O)c4ccccc4c3=O)c2)CC1. The molecule has 2 heterocycles. The van der Waals surface area contributed by atoms with Gasteiger partial charge in [0.05, 0.1) is 10.8 Å². The average molecular weight is 422 g/mol. The molecule has 0 saturated carbocycles. The normalized spacial score (nSPS) is 15.3. The molecule has 0 radical (unpaired) electrons. The summed E-state index contributed by atoms with van der Waals surface area (Å²) in [5.41, 5.74) is 1.44. The fourth-order valence-corrected chi connectivity index (χ4v) is 3.86. The third-order valence-electron chi connectivity index (χ3n) is 5.67. The van der Waals surface area contributed by atoms with Crippen molar-refractivity contribution in [1.29, 1.82) is 0 Å². The van der Waals surface area contributed by atoms with Crippen molar-refractivity contribution in [2.75, 3.05) is 33.2 Å². The predicted molar refractivity (Wildman–Crippen MR) is 120 cm³/mol. The Hall–Kier alpha value is -3.23. The van der Waals surface area contributed by atoms with Crippen molar-refractivity contribution in [2.24, 2.45) is 0 Å². The largest absolute Gasteiger partial charge is 0.350 e. The van der Waals surface area contributed by atoms with E-state index in [-0.39, 0.29) is 23.6 Å². The summed E-state index contributed by atoms with van der Waals surface area (Å²) < 4.78 is 1.06. The van der Waals surface area contributed by atoms with Gasteiger partial charge in [0.25, 0.3) is 11.1 Å². The molecule has 1 aliphatic heterocycles. The van der Waals surface area contributed by atoms with Crippen LogP contribution < -0.4 is 16.4 Å². The second-order valence-electron chi connectivity index (χ2n) is 8.05. The van der Waals surface area contributed by atoms with Gasteiger partial charge in [-0.15, -0.1) is 0 Å². The molecule has 0 spiro atoms. The van der Waals surface area contributed by atoms with E-state index in [4.69, 9.17) is 0 Å². The highest BCUT2D eigenvalue weighted by Gasteiger charge is 2.14. The molecule has 31 heavy (non-hydrogen) atoms. The van der Waals surface area contributed by atoms with Gasteiger partial charge >= 0.3 is 0 Å². The van der Waals surface area contributed by atoms with Crippen molar-refractivity contribution in [2.45, 2.75) is 19.6 Å². The Kier molecular flexibility index (Phi) is 6.29. The summed E-state index contributed by atoms with van der Waals surface area (Å²) in [7, 11) is 2.14. The molecule has 2 aromatic carbocycles. The lowest BCUT2D eigenvalue weighted by Gasteiger charge is -2.32. The molecule has 4 rings (SSSR count). The molecule has 0 bridgehead atoms. The Bertz CT molecular complexity index is 1190. The Morgan fingerprint density at radius 3 is 2.45 bits per heavy atom. The predicted octanol–water partition coefficient (Wildman–Crippen LogP) is 0.754. The first kappa shape index (κ1) is 21.0. The number of aromatic nitrogens is 2. The van der Waals surface area contributed by atoms with E-state index in [1.165, 1.54) is 5.56 Å². The molecule has 0 unspecified atom stereocenters. The van der Waals surface area contributed by atoms with E-state index in [9.17, 15) is 14.4 Å². The van der Waals surface area contributed by atoms with Crippen LogP contribution in [0.5, 0.6) is 0 Å². The quantitative estimate of drug-likeness (QED) is 0.613. The second-order valence-corrected chi connectivity index (χ2v) is 8.05. The van der Waals surface area contributed by atoms with Crippen molar-refractivity contribution < 1.29 is 4.79 Å². The maximum absolute atomic E-state index is 12.5. The Morgan fingerprint density at radius 1 is 0.968 bits per heavy atom. The molecule has 1 fully saturated rings. The van der Waals surface area contributed by atoms with Gasteiger partial charge in [0.1, 0.15) is 6.54 Å².